The van der Waals surface area contributed by atoms with Crippen LogP contribution < -0.4 is 11.1 Å². The Hall–Kier alpha value is -2.42. The van der Waals surface area contributed by atoms with Crippen LogP contribution in [0.1, 0.15) is 54.4 Å². The van der Waals surface area contributed by atoms with Gasteiger partial charge in [0.05, 0.1) is 12.1 Å². The van der Waals surface area contributed by atoms with Crippen LogP contribution >= 0.6 is 0 Å². The van der Waals surface area contributed by atoms with Crippen LogP contribution in [0.25, 0.3) is 0 Å². The number of nitrogens with one attached hydrogen (secondary N) is 1. The number of aliphatic hydroxyl groups excluding tert-OH is 2. The van der Waals surface area contributed by atoms with Crippen LogP contribution in [0, 0.1) is 11.3 Å². The number of hydrogen-bond donors (Lipinski definition) is 6. The molecule has 0 aliphatic carbocycles. The van der Waals surface area contributed by atoms with Crippen LogP contribution in [0.4, 0.5) is 0 Å². The molecule has 13 nitrogen and oxygen atoms in total. The molecule has 0 aliphatic heterocycles. The third-order valence-electron chi connectivity index (χ3n) is 7.21. The second-order valence-corrected chi connectivity index (χ2v) is 10.0. The number of nitrogens with two attached hydrogens (primary N) is 1. The summed E-state index contributed by atoms with van der Waals surface area (Å²) in [6, 6.07) is -3.04. The van der Waals surface area contributed by atoms with Crippen molar-refractivity contribution in [3.8, 4) is 0 Å². The van der Waals surface area contributed by atoms with E-state index >= 15 is 0 Å². The zero-order chi connectivity index (χ0) is 30.5. The summed E-state index contributed by atoms with van der Waals surface area (Å²) in [6.07, 6.45) is -4.18. The second-order valence-electron chi connectivity index (χ2n) is 10.0. The predicted octanol–water partition coefficient (Wildman–Crippen LogP) is -1.91. The summed E-state index contributed by atoms with van der Waals surface area (Å²) in [6.45, 7) is 7.02. The number of aliphatic hydroxyl groups is 3. The molecule has 13 heteroatoms. The van der Waals surface area contributed by atoms with Crippen molar-refractivity contribution in [1.29, 1.82) is 0 Å². The van der Waals surface area contributed by atoms with Gasteiger partial charge >= 0.3 is 5.97 Å². The van der Waals surface area contributed by atoms with Gasteiger partial charge in [0.1, 0.15) is 12.2 Å². The molecule has 0 aromatic carbocycles. The summed E-state index contributed by atoms with van der Waals surface area (Å²) in [7, 11) is 3.35. The van der Waals surface area contributed by atoms with Gasteiger partial charge in [-0.25, -0.2) is 4.79 Å². The molecule has 0 saturated carbocycles. The normalized spacial score (nSPS) is 20.6. The highest BCUT2D eigenvalue weighted by atomic mass is 16.4. The second kappa shape index (κ2) is 13.1. The standard InChI is InChI=1S/C25H43N3O10/c1-10-12(3)16(27-7)20(34)24(17(31)13(4)29,19(33)15(26)11-2)25(28(8)9,18(32)14(5)30)21(35)23(6,38)22(36)37/h12-16,27,29-30,38H,10-11,26H2,1-9H3,(H,36,37)/t12-,13+,14-,15?,16-,23-,24?,25+/m0/s1. The first-order chi connectivity index (χ1) is 17.2. The molecule has 0 saturated heterocycles. The number of carbonyl (C=O) groups excluding carboxylic acids is 5. The summed E-state index contributed by atoms with van der Waals surface area (Å²) in [4.78, 5) is 83.7. The van der Waals surface area contributed by atoms with Gasteiger partial charge in [-0.05, 0) is 54.3 Å². The van der Waals surface area contributed by atoms with Gasteiger partial charge in [0.2, 0.25) is 11.4 Å². The highest BCUT2D eigenvalue weighted by Crippen LogP contribution is 2.46. The van der Waals surface area contributed by atoms with E-state index in [2.05, 4.69) is 5.32 Å². The molecule has 0 aromatic heterocycles. The van der Waals surface area contributed by atoms with E-state index in [1.54, 1.807) is 13.8 Å². The predicted molar refractivity (Wildman–Crippen MR) is 136 cm³/mol. The van der Waals surface area contributed by atoms with E-state index in [0.29, 0.717) is 18.2 Å². The fraction of sp³-hybridized carbons (Fsp3) is 0.760. The molecule has 0 amide bonds. The average Bonchev–Trinajstić information content (AvgIpc) is 2.84. The van der Waals surface area contributed by atoms with Crippen LogP contribution in [0.15, 0.2) is 0 Å². The molecule has 2 unspecified atom stereocenters. The fourth-order valence-corrected chi connectivity index (χ4v) is 4.80. The van der Waals surface area contributed by atoms with Crippen molar-refractivity contribution in [2.24, 2.45) is 17.1 Å². The lowest BCUT2D eigenvalue weighted by Crippen LogP contribution is -2.82. The number of carbonyl (C=O) groups is 6. The molecule has 0 heterocycles. The number of hydrogen-bond acceptors (Lipinski definition) is 12. The van der Waals surface area contributed by atoms with Gasteiger partial charge in [0.25, 0.3) is 0 Å². The minimum atomic E-state index is -3.48. The Kier molecular flexibility index (Phi) is 12.3. The van der Waals surface area contributed by atoms with Gasteiger partial charge in [-0.2, -0.15) is 0 Å². The molecule has 7 N–H and O–H groups in total. The first kappa shape index (κ1) is 35.6. The molecule has 0 fully saturated rings. The third kappa shape index (κ3) is 5.49. The highest BCUT2D eigenvalue weighted by Gasteiger charge is 2.77. The zero-order valence-electron chi connectivity index (χ0n) is 23.6. The van der Waals surface area contributed by atoms with Crippen molar-refractivity contribution in [1.82, 2.24) is 10.2 Å². The van der Waals surface area contributed by atoms with Gasteiger partial charge in [0, 0.05) is 0 Å². The van der Waals surface area contributed by atoms with Gasteiger partial charge in [-0.1, -0.05) is 27.2 Å². The molecule has 0 radical (unpaired) electrons. The number of rotatable bonds is 17. The molecular weight excluding hydrogens is 502 g/mol. The summed E-state index contributed by atoms with van der Waals surface area (Å²) >= 11 is 0. The third-order valence-corrected chi connectivity index (χ3v) is 7.21. The van der Waals surface area contributed by atoms with Crippen molar-refractivity contribution in [2.75, 3.05) is 21.1 Å². The molecule has 0 aromatic rings. The fourth-order valence-electron chi connectivity index (χ4n) is 4.80. The number of ketones is 5. The van der Waals surface area contributed by atoms with E-state index in [-0.39, 0.29) is 6.42 Å². The Morgan fingerprint density at radius 2 is 1.32 bits per heavy atom. The lowest BCUT2D eigenvalue weighted by Gasteiger charge is -2.52. The number of Topliss-reactive ketones (excluding diaryl/α,β-unsaturated/α-hetero) is 5. The minimum Gasteiger partial charge on any atom is -0.479 e. The maximum absolute atomic E-state index is 14.6. The quantitative estimate of drug-likeness (QED) is 0.110. The van der Waals surface area contributed by atoms with Crippen LogP contribution in [0.2, 0.25) is 0 Å². The van der Waals surface area contributed by atoms with Crippen molar-refractivity contribution >= 4 is 34.9 Å². The first-order valence-corrected chi connectivity index (χ1v) is 12.4. The Bertz CT molecular complexity index is 946. The van der Waals surface area contributed by atoms with Crippen molar-refractivity contribution in [3.63, 3.8) is 0 Å². The smallest absolute Gasteiger partial charge is 0.343 e. The van der Waals surface area contributed by atoms with Gasteiger partial charge in [-0.3, -0.25) is 28.9 Å². The van der Waals surface area contributed by atoms with E-state index in [1.165, 1.54) is 14.0 Å². The molecule has 38 heavy (non-hydrogen) atoms. The molecular formula is C25H43N3O10. The van der Waals surface area contributed by atoms with Crippen molar-refractivity contribution < 1.29 is 49.2 Å². The van der Waals surface area contributed by atoms with E-state index in [4.69, 9.17) is 5.73 Å². The Morgan fingerprint density at radius 3 is 1.61 bits per heavy atom. The van der Waals surface area contributed by atoms with Crippen LogP contribution in [0.5, 0.6) is 0 Å². The van der Waals surface area contributed by atoms with E-state index < -0.39 is 81.7 Å². The van der Waals surface area contributed by atoms with E-state index in [1.807, 2.05) is 0 Å². The highest BCUT2D eigenvalue weighted by molar-refractivity contribution is 6.38. The van der Waals surface area contributed by atoms with Crippen molar-refractivity contribution in [3.05, 3.63) is 0 Å². The number of aliphatic carboxylic acids is 1. The molecule has 0 spiro atoms. The monoisotopic (exact) mass is 545 g/mol. The number of likely N-dealkylation sites (N-methyl/N-ethyl adjacent to an activating group) is 2. The van der Waals surface area contributed by atoms with Crippen LogP contribution in [0.3, 0.4) is 0 Å². The van der Waals surface area contributed by atoms with Gasteiger partial charge in [-0.15, -0.1) is 0 Å². The topological polar surface area (TPSA) is 225 Å². The minimum absolute atomic E-state index is 0.190. The molecule has 0 rings (SSSR count). The molecule has 0 bridgehead atoms. The van der Waals surface area contributed by atoms with Gasteiger partial charge < -0.3 is 31.5 Å². The Morgan fingerprint density at radius 1 is 0.868 bits per heavy atom. The molecule has 8 atom stereocenters. The zero-order valence-corrected chi connectivity index (χ0v) is 23.6. The summed E-state index contributed by atoms with van der Waals surface area (Å²) in [5.41, 5.74) is -4.34. The van der Waals surface area contributed by atoms with E-state index in [0.717, 1.165) is 27.9 Å². The Labute approximate surface area is 222 Å². The summed E-state index contributed by atoms with van der Waals surface area (Å²) < 4.78 is 0. The molecule has 218 valence electrons. The average molecular weight is 546 g/mol. The number of carboxylic acids is 1. The molecule has 0 aliphatic rings. The lowest BCUT2D eigenvalue weighted by atomic mass is 9.52. The summed E-state index contributed by atoms with van der Waals surface area (Å²) in [5, 5.41) is 44.2. The number of nitrogens with zero attached hydrogens (tertiary/aromatic N) is 1. The van der Waals surface area contributed by atoms with E-state index in [9.17, 15) is 49.2 Å². The SMILES string of the molecule is CCC(N)C(=O)C(C(=O)[C@@H](NC)[C@@H](C)CC)(C(=O)[C@@H](C)O)[C@@](C(=O)[C@H](C)O)(C(=O)[C@](C)(O)C(=O)O)N(C)C. The van der Waals surface area contributed by atoms with Crippen LogP contribution in [-0.4, -0.2) is 117 Å². The van der Waals surface area contributed by atoms with Gasteiger partial charge in [0.15, 0.2) is 34.1 Å². The maximum Gasteiger partial charge on any atom is 0.343 e. The lowest BCUT2D eigenvalue weighted by molar-refractivity contribution is -0.186. The number of carboxylic acid groups (broad SMARTS) is 1. The van der Waals surface area contributed by atoms with Crippen molar-refractivity contribution in [2.45, 2.75) is 89.8 Å². The first-order valence-electron chi connectivity index (χ1n) is 12.4. The summed E-state index contributed by atoms with van der Waals surface area (Å²) in [5.74, 6) is -10.7. The maximum atomic E-state index is 14.6. The Balaban J connectivity index is 8.79. The largest absolute Gasteiger partial charge is 0.479 e. The van der Waals surface area contributed by atoms with Crippen LogP contribution in [-0.2, 0) is 28.8 Å².